The van der Waals surface area contributed by atoms with Crippen molar-refractivity contribution in [2.24, 2.45) is 7.05 Å². The van der Waals surface area contributed by atoms with Gasteiger partial charge < -0.3 is 10.2 Å². The van der Waals surface area contributed by atoms with Crippen LogP contribution in [0.5, 0.6) is 0 Å². The number of aryl methyl sites for hydroxylation is 2. The maximum atomic E-state index is 12.8. The highest BCUT2D eigenvalue weighted by Crippen LogP contribution is 2.27. The lowest BCUT2D eigenvalue weighted by Crippen LogP contribution is -2.22. The summed E-state index contributed by atoms with van der Waals surface area (Å²) < 4.78 is 8.82. The number of aromatic nitrogens is 4. The van der Waals surface area contributed by atoms with Gasteiger partial charge in [0, 0.05) is 7.05 Å². The van der Waals surface area contributed by atoms with Crippen LogP contribution in [-0.2, 0) is 13.6 Å². The van der Waals surface area contributed by atoms with Crippen LogP contribution in [0.4, 0.5) is 5.95 Å². The van der Waals surface area contributed by atoms with Crippen LogP contribution in [-0.4, -0.2) is 19.1 Å². The van der Waals surface area contributed by atoms with Gasteiger partial charge in [-0.15, -0.1) is 0 Å². The van der Waals surface area contributed by atoms with Crippen LogP contribution in [0.3, 0.4) is 0 Å². The number of nitrogen functional groups attached to an aromatic ring is 1. The summed E-state index contributed by atoms with van der Waals surface area (Å²) in [7, 11) is 1.70. The molecule has 0 radical (unpaired) electrons. The smallest absolute Gasteiger partial charge is 0.330 e. The molecular formula is C18H17N5O2. The van der Waals surface area contributed by atoms with Crippen LogP contribution in [0.15, 0.2) is 51.7 Å². The van der Waals surface area contributed by atoms with E-state index in [9.17, 15) is 4.79 Å². The van der Waals surface area contributed by atoms with Crippen LogP contribution < -0.4 is 11.4 Å². The fraction of sp³-hybridized carbons (Fsp3) is 0.167. The monoisotopic (exact) mass is 335 g/mol. The maximum Gasteiger partial charge on any atom is 0.330 e. The number of anilines is 1. The number of fused-ring (bicyclic) bond motifs is 1. The van der Waals surface area contributed by atoms with E-state index in [1.165, 1.54) is 4.57 Å². The number of benzene rings is 1. The Morgan fingerprint density at radius 1 is 1.12 bits per heavy atom. The molecule has 0 amide bonds. The van der Waals surface area contributed by atoms with Crippen molar-refractivity contribution in [1.82, 2.24) is 19.1 Å². The zero-order chi connectivity index (χ0) is 17.6. The van der Waals surface area contributed by atoms with Crippen LogP contribution in [0.1, 0.15) is 11.3 Å². The first-order valence-corrected chi connectivity index (χ1v) is 7.88. The lowest BCUT2D eigenvalue weighted by Gasteiger charge is -2.05. The Balaban J connectivity index is 1.99. The minimum absolute atomic E-state index is 0.101. The molecule has 1 aromatic carbocycles. The molecule has 0 unspecified atom stereocenters. The SMILES string of the molecule is Cc1ccc(-c2nc(N)nc3c2n(C)c(=O)n3Cc2ccccc2)o1. The molecule has 2 N–H and O–H groups in total. The average molecular weight is 335 g/mol. The lowest BCUT2D eigenvalue weighted by atomic mass is 10.2. The van der Waals surface area contributed by atoms with Gasteiger partial charge in [-0.2, -0.15) is 4.98 Å². The number of imidazole rings is 1. The standard InChI is InChI=1S/C18H17N5O2/c1-11-8-9-13(25-11)14-15-16(21-17(19)20-14)23(18(24)22(15)2)10-12-6-4-3-5-7-12/h3-9H,10H2,1-2H3,(H2,19,20,21). The molecule has 0 saturated carbocycles. The zero-order valence-electron chi connectivity index (χ0n) is 13.9. The van der Waals surface area contributed by atoms with Crippen molar-refractivity contribution in [2.75, 3.05) is 5.73 Å². The van der Waals surface area contributed by atoms with Gasteiger partial charge in [0.25, 0.3) is 0 Å². The van der Waals surface area contributed by atoms with E-state index in [0.29, 0.717) is 29.2 Å². The average Bonchev–Trinajstić information content (AvgIpc) is 3.13. The summed E-state index contributed by atoms with van der Waals surface area (Å²) in [5.41, 5.74) is 8.34. The molecule has 0 aliphatic rings. The van der Waals surface area contributed by atoms with Crippen molar-refractivity contribution in [3.05, 3.63) is 64.3 Å². The van der Waals surface area contributed by atoms with E-state index in [4.69, 9.17) is 10.2 Å². The molecule has 3 aromatic heterocycles. The Labute approximate surface area is 143 Å². The second-order valence-electron chi connectivity index (χ2n) is 5.93. The maximum absolute atomic E-state index is 12.8. The van der Waals surface area contributed by atoms with Gasteiger partial charge >= 0.3 is 5.69 Å². The Morgan fingerprint density at radius 3 is 2.56 bits per heavy atom. The van der Waals surface area contributed by atoms with Crippen molar-refractivity contribution in [3.8, 4) is 11.5 Å². The van der Waals surface area contributed by atoms with E-state index in [1.54, 1.807) is 11.6 Å². The van der Waals surface area contributed by atoms with Crippen LogP contribution >= 0.6 is 0 Å². The first kappa shape index (κ1) is 15.2. The Hall–Kier alpha value is -3.35. The zero-order valence-corrected chi connectivity index (χ0v) is 13.9. The molecule has 3 heterocycles. The highest BCUT2D eigenvalue weighted by atomic mass is 16.3. The normalized spacial score (nSPS) is 11.3. The highest BCUT2D eigenvalue weighted by molar-refractivity contribution is 5.87. The summed E-state index contributed by atoms with van der Waals surface area (Å²) in [5, 5.41) is 0. The molecular weight excluding hydrogens is 318 g/mol. The van der Waals surface area contributed by atoms with Gasteiger partial charge in [-0.1, -0.05) is 30.3 Å². The van der Waals surface area contributed by atoms with Gasteiger partial charge in [0.1, 0.15) is 17.0 Å². The molecule has 7 nitrogen and oxygen atoms in total. The van der Waals surface area contributed by atoms with E-state index < -0.39 is 0 Å². The molecule has 25 heavy (non-hydrogen) atoms. The predicted octanol–water partition coefficient (Wildman–Crippen LogP) is 2.33. The van der Waals surface area contributed by atoms with Crippen LogP contribution in [0.25, 0.3) is 22.6 Å². The molecule has 4 aromatic rings. The van der Waals surface area contributed by atoms with Gasteiger partial charge in [-0.3, -0.25) is 9.13 Å². The minimum atomic E-state index is -0.178. The Kier molecular flexibility index (Phi) is 3.42. The number of rotatable bonds is 3. The van der Waals surface area contributed by atoms with Crippen molar-refractivity contribution >= 4 is 17.1 Å². The fourth-order valence-corrected chi connectivity index (χ4v) is 2.97. The van der Waals surface area contributed by atoms with Gasteiger partial charge in [0.05, 0.1) is 6.54 Å². The Morgan fingerprint density at radius 2 is 1.88 bits per heavy atom. The molecule has 4 rings (SSSR count). The first-order valence-electron chi connectivity index (χ1n) is 7.88. The van der Waals surface area contributed by atoms with Crippen molar-refractivity contribution in [2.45, 2.75) is 13.5 Å². The van der Waals surface area contributed by atoms with Gasteiger partial charge in [-0.25, -0.2) is 9.78 Å². The van der Waals surface area contributed by atoms with Crippen molar-refractivity contribution in [3.63, 3.8) is 0 Å². The third-order valence-electron chi connectivity index (χ3n) is 4.15. The summed E-state index contributed by atoms with van der Waals surface area (Å²) in [6.07, 6.45) is 0. The number of nitrogens with two attached hydrogens (primary N) is 1. The number of nitrogens with zero attached hydrogens (tertiary/aromatic N) is 4. The Bertz CT molecular complexity index is 1120. The summed E-state index contributed by atoms with van der Waals surface area (Å²) >= 11 is 0. The van der Waals surface area contributed by atoms with Gasteiger partial charge in [0.2, 0.25) is 5.95 Å². The largest absolute Gasteiger partial charge is 0.460 e. The molecule has 0 aliphatic carbocycles. The third kappa shape index (κ3) is 2.50. The topological polar surface area (TPSA) is 91.9 Å². The molecule has 0 fully saturated rings. The molecule has 0 aliphatic heterocycles. The summed E-state index contributed by atoms with van der Waals surface area (Å²) in [6, 6.07) is 13.4. The molecule has 0 spiro atoms. The van der Waals surface area contributed by atoms with Crippen LogP contribution in [0, 0.1) is 6.92 Å². The van der Waals surface area contributed by atoms with E-state index in [0.717, 1.165) is 11.3 Å². The second-order valence-corrected chi connectivity index (χ2v) is 5.93. The predicted molar refractivity (Wildman–Crippen MR) is 95.2 cm³/mol. The molecule has 7 heteroatoms. The number of furan rings is 1. The highest BCUT2D eigenvalue weighted by Gasteiger charge is 2.20. The number of hydrogen-bond acceptors (Lipinski definition) is 5. The van der Waals surface area contributed by atoms with E-state index in [1.807, 2.05) is 49.4 Å². The molecule has 0 atom stereocenters. The molecule has 126 valence electrons. The molecule has 0 bridgehead atoms. The van der Waals surface area contributed by atoms with Gasteiger partial charge in [0.15, 0.2) is 11.4 Å². The van der Waals surface area contributed by atoms with Crippen molar-refractivity contribution < 1.29 is 4.42 Å². The third-order valence-corrected chi connectivity index (χ3v) is 4.15. The summed E-state index contributed by atoms with van der Waals surface area (Å²) in [6.45, 7) is 2.26. The lowest BCUT2D eigenvalue weighted by molar-refractivity contribution is 0.546. The fourth-order valence-electron chi connectivity index (χ4n) is 2.97. The van der Waals surface area contributed by atoms with E-state index >= 15 is 0 Å². The van der Waals surface area contributed by atoms with Crippen LogP contribution in [0.2, 0.25) is 0 Å². The first-order chi connectivity index (χ1) is 12.0. The minimum Gasteiger partial charge on any atom is -0.460 e. The molecule has 0 saturated heterocycles. The van der Waals surface area contributed by atoms with Gasteiger partial charge in [-0.05, 0) is 24.6 Å². The quantitative estimate of drug-likeness (QED) is 0.620. The summed E-state index contributed by atoms with van der Waals surface area (Å²) in [5.74, 6) is 1.42. The number of hydrogen-bond donors (Lipinski definition) is 1. The van der Waals surface area contributed by atoms with Crippen molar-refractivity contribution in [1.29, 1.82) is 0 Å². The second kappa shape index (κ2) is 5.62. The summed E-state index contributed by atoms with van der Waals surface area (Å²) in [4.78, 5) is 21.4. The van der Waals surface area contributed by atoms with E-state index in [2.05, 4.69) is 9.97 Å². The van der Waals surface area contributed by atoms with E-state index in [-0.39, 0.29) is 11.6 Å².